The quantitative estimate of drug-likeness (QED) is 0.870. The number of halogens is 3. The van der Waals surface area contributed by atoms with Gasteiger partial charge in [-0.1, -0.05) is 12.1 Å². The molecule has 1 fully saturated rings. The van der Waals surface area contributed by atoms with E-state index >= 15 is 0 Å². The van der Waals surface area contributed by atoms with Gasteiger partial charge in [-0.2, -0.15) is 0 Å². The largest absolute Gasteiger partial charge is 0.573 e. The molecule has 0 amide bonds. The second-order valence-corrected chi connectivity index (χ2v) is 5.57. The van der Waals surface area contributed by atoms with Gasteiger partial charge in [0.2, 0.25) is 0 Å². The summed E-state index contributed by atoms with van der Waals surface area (Å²) in [6.07, 6.45) is -2.93. The minimum Gasteiger partial charge on any atom is -0.406 e. The van der Waals surface area contributed by atoms with Gasteiger partial charge in [0.25, 0.3) is 0 Å². The summed E-state index contributed by atoms with van der Waals surface area (Å²) >= 11 is 0. The SMILES string of the molecule is CC(=O)[C@H](CNC1CCOCC1)c1ccc(OC(F)(F)F)cc1. The molecule has 2 rings (SSSR count). The first-order chi connectivity index (χ1) is 10.8. The molecule has 1 aliphatic heterocycles. The van der Waals surface area contributed by atoms with Crippen molar-refractivity contribution in [2.75, 3.05) is 19.8 Å². The van der Waals surface area contributed by atoms with Crippen LogP contribution in [0.15, 0.2) is 24.3 Å². The normalized spacial score (nSPS) is 17.7. The lowest BCUT2D eigenvalue weighted by Gasteiger charge is -2.25. The molecule has 1 heterocycles. The van der Waals surface area contributed by atoms with Gasteiger partial charge in [-0.15, -0.1) is 13.2 Å². The summed E-state index contributed by atoms with van der Waals surface area (Å²) in [5.41, 5.74) is 0.673. The number of hydrogen-bond donors (Lipinski definition) is 1. The number of carbonyl (C=O) groups is 1. The van der Waals surface area contributed by atoms with E-state index in [1.54, 1.807) is 0 Å². The summed E-state index contributed by atoms with van der Waals surface area (Å²) in [4.78, 5) is 11.9. The maximum absolute atomic E-state index is 12.2. The maximum atomic E-state index is 12.2. The van der Waals surface area contributed by atoms with Crippen molar-refractivity contribution in [2.24, 2.45) is 0 Å². The first-order valence-corrected chi connectivity index (χ1v) is 7.52. The second-order valence-electron chi connectivity index (χ2n) is 5.57. The Morgan fingerprint density at radius 3 is 2.43 bits per heavy atom. The predicted octanol–water partition coefficient (Wildman–Crippen LogP) is 3.03. The van der Waals surface area contributed by atoms with Crippen molar-refractivity contribution in [3.05, 3.63) is 29.8 Å². The molecular weight excluding hydrogens is 311 g/mol. The highest BCUT2D eigenvalue weighted by Crippen LogP contribution is 2.25. The fourth-order valence-electron chi connectivity index (χ4n) is 2.58. The van der Waals surface area contributed by atoms with Gasteiger partial charge in [0.1, 0.15) is 11.5 Å². The van der Waals surface area contributed by atoms with Crippen molar-refractivity contribution >= 4 is 5.78 Å². The Hall–Kier alpha value is -1.60. The summed E-state index contributed by atoms with van der Waals surface area (Å²) in [6, 6.07) is 5.76. The highest BCUT2D eigenvalue weighted by molar-refractivity contribution is 5.83. The molecule has 1 saturated heterocycles. The highest BCUT2D eigenvalue weighted by Gasteiger charge is 2.31. The lowest BCUT2D eigenvalue weighted by molar-refractivity contribution is -0.274. The number of hydrogen-bond acceptors (Lipinski definition) is 4. The van der Waals surface area contributed by atoms with Crippen LogP contribution in [-0.2, 0) is 9.53 Å². The van der Waals surface area contributed by atoms with E-state index in [2.05, 4.69) is 10.1 Å². The van der Waals surface area contributed by atoms with Crippen LogP contribution in [-0.4, -0.2) is 37.9 Å². The second kappa shape index (κ2) is 7.79. The van der Waals surface area contributed by atoms with Crippen molar-refractivity contribution in [3.63, 3.8) is 0 Å². The lowest BCUT2D eigenvalue weighted by Crippen LogP contribution is -2.38. The van der Waals surface area contributed by atoms with Crippen molar-refractivity contribution in [2.45, 2.75) is 38.1 Å². The highest BCUT2D eigenvalue weighted by atomic mass is 19.4. The van der Waals surface area contributed by atoms with E-state index in [-0.39, 0.29) is 11.5 Å². The predicted molar refractivity (Wildman–Crippen MR) is 78.4 cm³/mol. The number of nitrogens with one attached hydrogen (secondary N) is 1. The van der Waals surface area contributed by atoms with E-state index < -0.39 is 12.3 Å². The lowest BCUT2D eigenvalue weighted by atomic mass is 9.94. The van der Waals surface area contributed by atoms with Crippen LogP contribution in [0.4, 0.5) is 13.2 Å². The molecular formula is C16H20F3NO3. The Balaban J connectivity index is 1.98. The Bertz CT molecular complexity index is 510. The molecule has 23 heavy (non-hydrogen) atoms. The molecule has 0 radical (unpaired) electrons. The van der Waals surface area contributed by atoms with Crippen LogP contribution in [0.25, 0.3) is 0 Å². The molecule has 1 atom stereocenters. The van der Waals surface area contributed by atoms with Gasteiger partial charge in [0, 0.05) is 25.8 Å². The molecule has 1 aromatic carbocycles. The van der Waals surface area contributed by atoms with Gasteiger partial charge in [-0.05, 0) is 37.5 Å². The van der Waals surface area contributed by atoms with Crippen LogP contribution in [0.5, 0.6) is 5.75 Å². The minimum absolute atomic E-state index is 0.0333. The summed E-state index contributed by atoms with van der Waals surface area (Å²) < 4.78 is 45.6. The Kier molecular flexibility index (Phi) is 6.01. The van der Waals surface area contributed by atoms with E-state index in [1.807, 2.05) is 0 Å². The first kappa shape index (κ1) is 17.7. The molecule has 1 aliphatic rings. The van der Waals surface area contributed by atoms with Crippen molar-refractivity contribution in [3.8, 4) is 5.75 Å². The van der Waals surface area contributed by atoms with Crippen molar-refractivity contribution in [1.82, 2.24) is 5.32 Å². The van der Waals surface area contributed by atoms with Gasteiger partial charge in [0.05, 0.1) is 5.92 Å². The number of benzene rings is 1. The van der Waals surface area contributed by atoms with E-state index in [9.17, 15) is 18.0 Å². The minimum atomic E-state index is -4.72. The van der Waals surface area contributed by atoms with Crippen molar-refractivity contribution < 1.29 is 27.4 Å². The summed E-state index contributed by atoms with van der Waals surface area (Å²) in [5, 5.41) is 3.34. The monoisotopic (exact) mass is 331 g/mol. The third-order valence-electron chi connectivity index (χ3n) is 3.84. The molecule has 0 aromatic heterocycles. The standard InChI is InChI=1S/C16H20F3NO3/c1-11(21)15(10-20-13-6-8-22-9-7-13)12-2-4-14(5-3-12)23-16(17,18)19/h2-5,13,15,20H,6-10H2,1H3/t15-/m0/s1. The Morgan fingerprint density at radius 1 is 1.30 bits per heavy atom. The number of ether oxygens (including phenoxy) is 2. The Morgan fingerprint density at radius 2 is 1.91 bits per heavy atom. The van der Waals surface area contributed by atoms with Gasteiger partial charge in [-0.25, -0.2) is 0 Å². The summed E-state index contributed by atoms with van der Waals surface area (Å²) in [7, 11) is 0. The van der Waals surface area contributed by atoms with Crippen molar-refractivity contribution in [1.29, 1.82) is 0 Å². The summed E-state index contributed by atoms with van der Waals surface area (Å²) in [5.74, 6) is -0.715. The van der Waals surface area contributed by atoms with E-state index in [1.165, 1.54) is 31.2 Å². The molecule has 0 bridgehead atoms. The van der Waals surface area contributed by atoms with Crippen LogP contribution in [0, 0.1) is 0 Å². The van der Waals surface area contributed by atoms with Crippen LogP contribution in [0.1, 0.15) is 31.2 Å². The molecule has 0 saturated carbocycles. The summed E-state index contributed by atoms with van der Waals surface area (Å²) in [6.45, 7) is 3.34. The topological polar surface area (TPSA) is 47.6 Å². The zero-order valence-electron chi connectivity index (χ0n) is 12.9. The van der Waals surface area contributed by atoms with Gasteiger partial charge < -0.3 is 14.8 Å². The molecule has 0 unspecified atom stereocenters. The van der Waals surface area contributed by atoms with Crippen LogP contribution < -0.4 is 10.1 Å². The number of alkyl halides is 3. The van der Waals surface area contributed by atoms with Gasteiger partial charge in [-0.3, -0.25) is 4.79 Å². The molecule has 1 N–H and O–H groups in total. The van der Waals surface area contributed by atoms with Crippen LogP contribution >= 0.6 is 0 Å². The number of carbonyl (C=O) groups excluding carboxylic acids is 1. The number of ketones is 1. The number of rotatable bonds is 6. The smallest absolute Gasteiger partial charge is 0.406 e. The average molecular weight is 331 g/mol. The molecule has 0 aliphatic carbocycles. The zero-order chi connectivity index (χ0) is 16.9. The molecule has 128 valence electrons. The zero-order valence-corrected chi connectivity index (χ0v) is 12.9. The fourth-order valence-corrected chi connectivity index (χ4v) is 2.58. The maximum Gasteiger partial charge on any atom is 0.573 e. The van der Waals surface area contributed by atoms with E-state index in [0.717, 1.165) is 12.8 Å². The van der Waals surface area contributed by atoms with Crippen LogP contribution in [0.3, 0.4) is 0 Å². The molecule has 4 nitrogen and oxygen atoms in total. The van der Waals surface area contributed by atoms with Gasteiger partial charge in [0.15, 0.2) is 0 Å². The molecule has 7 heteroatoms. The van der Waals surface area contributed by atoms with E-state index in [0.29, 0.717) is 31.4 Å². The van der Waals surface area contributed by atoms with E-state index in [4.69, 9.17) is 4.74 Å². The third-order valence-corrected chi connectivity index (χ3v) is 3.84. The molecule has 1 aromatic rings. The van der Waals surface area contributed by atoms with Gasteiger partial charge >= 0.3 is 6.36 Å². The Labute approximate surface area is 133 Å². The average Bonchev–Trinajstić information content (AvgIpc) is 2.48. The third kappa shape index (κ3) is 5.84. The number of Topliss-reactive ketones (excluding diaryl/α,β-unsaturated/α-hetero) is 1. The fraction of sp³-hybridized carbons (Fsp3) is 0.562. The first-order valence-electron chi connectivity index (χ1n) is 7.52. The van der Waals surface area contributed by atoms with Crippen LogP contribution in [0.2, 0.25) is 0 Å². The molecule has 0 spiro atoms.